The van der Waals surface area contributed by atoms with E-state index in [1.54, 1.807) is 12.1 Å². The van der Waals surface area contributed by atoms with Crippen molar-refractivity contribution in [3.8, 4) is 10.4 Å². The Bertz CT molecular complexity index is 1120. The molecule has 1 aromatic heterocycles. The highest BCUT2D eigenvalue weighted by Crippen LogP contribution is 2.49. The van der Waals surface area contributed by atoms with E-state index in [-0.39, 0.29) is 19.0 Å². The summed E-state index contributed by atoms with van der Waals surface area (Å²) in [5.41, 5.74) is 2.48. The van der Waals surface area contributed by atoms with Gasteiger partial charge in [0, 0.05) is 9.75 Å². The monoisotopic (exact) mass is 424 g/mol. The number of amides is 2. The molecule has 3 aromatic rings. The lowest BCUT2D eigenvalue weighted by Crippen LogP contribution is -2.37. The first-order valence-electron chi connectivity index (χ1n) is 9.42. The van der Waals surface area contributed by atoms with Crippen LogP contribution in [0.2, 0.25) is 0 Å². The average molecular weight is 424 g/mol. The first-order chi connectivity index (χ1) is 14.5. The van der Waals surface area contributed by atoms with Gasteiger partial charge in [-0.25, -0.2) is 14.0 Å². The number of carbonyl (C=O) groups is 2. The van der Waals surface area contributed by atoms with E-state index in [4.69, 9.17) is 4.84 Å². The molecule has 152 valence electrons. The van der Waals surface area contributed by atoms with Gasteiger partial charge in [-0.05, 0) is 34.9 Å². The molecule has 0 aliphatic carbocycles. The second-order valence-electron chi connectivity index (χ2n) is 7.21. The van der Waals surface area contributed by atoms with E-state index in [1.807, 2.05) is 36.4 Å². The highest BCUT2D eigenvalue weighted by molar-refractivity contribution is 7.15. The van der Waals surface area contributed by atoms with E-state index in [1.165, 1.54) is 33.4 Å². The lowest BCUT2D eigenvalue weighted by atomic mass is 9.98. The number of aliphatic carboxylic acids is 1. The van der Waals surface area contributed by atoms with Crippen molar-refractivity contribution in [2.75, 3.05) is 6.54 Å². The number of urea groups is 1. The molecule has 2 aromatic carbocycles. The number of benzene rings is 2. The van der Waals surface area contributed by atoms with Gasteiger partial charge in [0.25, 0.3) is 0 Å². The minimum Gasteiger partial charge on any atom is -0.479 e. The summed E-state index contributed by atoms with van der Waals surface area (Å²) >= 11 is 1.32. The second-order valence-corrected chi connectivity index (χ2v) is 8.30. The van der Waals surface area contributed by atoms with E-state index in [0.29, 0.717) is 4.88 Å². The van der Waals surface area contributed by atoms with Crippen LogP contribution in [0.5, 0.6) is 0 Å². The Morgan fingerprint density at radius 2 is 1.90 bits per heavy atom. The molecule has 6 nitrogen and oxygen atoms in total. The van der Waals surface area contributed by atoms with Gasteiger partial charge in [0.05, 0.1) is 6.54 Å². The van der Waals surface area contributed by atoms with Crippen molar-refractivity contribution >= 4 is 23.3 Å². The van der Waals surface area contributed by atoms with Crippen molar-refractivity contribution in [2.45, 2.75) is 18.7 Å². The molecule has 0 saturated carbocycles. The number of nitrogens with zero attached hydrogens (tertiary/aromatic N) is 2. The molecule has 8 heteroatoms. The topological polar surface area (TPSA) is 70.1 Å². The second kappa shape index (κ2) is 7.23. The molecule has 5 rings (SSSR count). The fourth-order valence-corrected chi connectivity index (χ4v) is 5.27. The van der Waals surface area contributed by atoms with E-state index in [0.717, 1.165) is 21.6 Å². The number of hydrogen-bond acceptors (Lipinski definition) is 4. The van der Waals surface area contributed by atoms with Crippen LogP contribution in [0.4, 0.5) is 9.18 Å². The summed E-state index contributed by atoms with van der Waals surface area (Å²) in [6.45, 7) is 0.454. The van der Waals surface area contributed by atoms with Crippen LogP contribution in [0, 0.1) is 5.82 Å². The number of rotatable bonds is 5. The van der Waals surface area contributed by atoms with E-state index in [2.05, 4.69) is 0 Å². The normalized spacial score (nSPS) is 19.8. The number of carboxylic acids is 1. The number of halogens is 1. The fourth-order valence-electron chi connectivity index (χ4n) is 3.94. The third kappa shape index (κ3) is 3.05. The van der Waals surface area contributed by atoms with Crippen molar-refractivity contribution in [1.29, 1.82) is 0 Å². The number of hydrogen-bond donors (Lipinski definition) is 1. The lowest BCUT2D eigenvalue weighted by Gasteiger charge is -2.27. The predicted octanol–water partition coefficient (Wildman–Crippen LogP) is 4.60. The van der Waals surface area contributed by atoms with Gasteiger partial charge < -0.3 is 10.0 Å². The Labute approximate surface area is 175 Å². The Kier molecular flexibility index (Phi) is 4.52. The quantitative estimate of drug-likeness (QED) is 0.650. The van der Waals surface area contributed by atoms with Gasteiger partial charge in [0.1, 0.15) is 18.5 Å². The van der Waals surface area contributed by atoms with Crippen molar-refractivity contribution in [1.82, 2.24) is 9.96 Å². The van der Waals surface area contributed by atoms with Gasteiger partial charge >= 0.3 is 12.0 Å². The molecule has 3 heterocycles. The van der Waals surface area contributed by atoms with Crippen molar-refractivity contribution in [2.24, 2.45) is 0 Å². The Morgan fingerprint density at radius 1 is 1.17 bits per heavy atom. The van der Waals surface area contributed by atoms with Crippen LogP contribution >= 0.6 is 11.3 Å². The summed E-state index contributed by atoms with van der Waals surface area (Å²) in [4.78, 5) is 33.6. The first kappa shape index (κ1) is 18.8. The minimum absolute atomic E-state index is 0.207. The van der Waals surface area contributed by atoms with E-state index < -0.39 is 24.1 Å². The molecule has 0 spiro atoms. The molecule has 0 radical (unpaired) electrons. The molecule has 30 heavy (non-hydrogen) atoms. The average Bonchev–Trinajstić information content (AvgIpc) is 3.29. The first-order valence-corrected chi connectivity index (χ1v) is 10.2. The Morgan fingerprint density at radius 3 is 2.60 bits per heavy atom. The predicted molar refractivity (Wildman–Crippen MR) is 108 cm³/mol. The summed E-state index contributed by atoms with van der Waals surface area (Å²) in [6, 6.07) is 15.5. The number of fused-ring (bicyclic) bond motifs is 4. The fraction of sp³-hybridized carbons (Fsp3) is 0.182. The zero-order valence-corrected chi connectivity index (χ0v) is 16.5. The molecule has 2 aliphatic heterocycles. The standard InChI is InChI=1S/C22H17FN2O4S/c23-15-8-6-14(7-9-15)18-10-16-17-11-24(19(21(26)27)20(16)30-18)22(28)25(17)29-12-13-4-2-1-3-5-13/h1-10,17,19H,11-12H2,(H,26,27)/t17-,19?/m1/s1. The third-order valence-corrected chi connectivity index (χ3v) is 6.63. The maximum atomic E-state index is 13.3. The minimum atomic E-state index is -1.08. The number of hydroxylamine groups is 2. The molecular weight excluding hydrogens is 407 g/mol. The van der Waals surface area contributed by atoms with Crippen LogP contribution in [-0.4, -0.2) is 33.6 Å². The Hall–Kier alpha value is -3.23. The molecule has 1 unspecified atom stereocenters. The van der Waals surface area contributed by atoms with Crippen molar-refractivity contribution < 1.29 is 23.9 Å². The van der Waals surface area contributed by atoms with Crippen LogP contribution in [0.15, 0.2) is 60.7 Å². The highest BCUT2D eigenvalue weighted by Gasteiger charge is 2.52. The summed E-state index contributed by atoms with van der Waals surface area (Å²) in [7, 11) is 0. The summed E-state index contributed by atoms with van der Waals surface area (Å²) in [6.07, 6.45) is 0. The van der Waals surface area contributed by atoms with Gasteiger partial charge in [-0.15, -0.1) is 11.3 Å². The number of carboxylic acid groups (broad SMARTS) is 1. The van der Waals surface area contributed by atoms with Gasteiger partial charge in [0.2, 0.25) is 0 Å². The Balaban J connectivity index is 1.50. The molecule has 2 amide bonds. The maximum Gasteiger partial charge on any atom is 0.345 e. The smallest absolute Gasteiger partial charge is 0.345 e. The van der Waals surface area contributed by atoms with Crippen molar-refractivity contribution in [3.05, 3.63) is 82.5 Å². The van der Waals surface area contributed by atoms with Crippen LogP contribution in [-0.2, 0) is 16.2 Å². The van der Waals surface area contributed by atoms with Crippen LogP contribution in [0.3, 0.4) is 0 Å². The zero-order chi connectivity index (χ0) is 20.8. The van der Waals surface area contributed by atoms with Crippen LogP contribution < -0.4 is 0 Å². The van der Waals surface area contributed by atoms with Gasteiger partial charge in [0.15, 0.2) is 6.04 Å². The largest absolute Gasteiger partial charge is 0.479 e. The summed E-state index contributed by atoms with van der Waals surface area (Å²) in [5, 5.41) is 11.1. The molecule has 2 bridgehead atoms. The van der Waals surface area contributed by atoms with E-state index in [9.17, 15) is 19.1 Å². The van der Waals surface area contributed by atoms with Gasteiger partial charge in [-0.1, -0.05) is 42.5 Å². The van der Waals surface area contributed by atoms with E-state index >= 15 is 0 Å². The third-order valence-electron chi connectivity index (χ3n) is 5.37. The van der Waals surface area contributed by atoms with Gasteiger partial charge in [-0.2, -0.15) is 5.06 Å². The SMILES string of the molecule is O=C(O)C1c2sc(-c3ccc(F)cc3)cc2[C@H]2CN1C(=O)N2OCc1ccccc1. The molecule has 2 atom stereocenters. The number of carbonyl (C=O) groups excluding carboxylic acids is 1. The molecule has 2 aliphatic rings. The lowest BCUT2D eigenvalue weighted by molar-refractivity contribution is -0.143. The van der Waals surface area contributed by atoms with Crippen LogP contribution in [0.1, 0.15) is 28.1 Å². The zero-order valence-electron chi connectivity index (χ0n) is 15.7. The van der Waals surface area contributed by atoms with Crippen LogP contribution in [0.25, 0.3) is 10.4 Å². The van der Waals surface area contributed by atoms with Crippen molar-refractivity contribution in [3.63, 3.8) is 0 Å². The molecule has 1 N–H and O–H groups in total. The molecular formula is C22H17FN2O4S. The molecule has 1 saturated heterocycles. The van der Waals surface area contributed by atoms with Gasteiger partial charge in [-0.3, -0.25) is 4.84 Å². The molecule has 1 fully saturated rings. The summed E-state index contributed by atoms with van der Waals surface area (Å²) in [5.74, 6) is -1.42. The maximum absolute atomic E-state index is 13.3. The highest BCUT2D eigenvalue weighted by atomic mass is 32.1. The summed E-state index contributed by atoms with van der Waals surface area (Å²) < 4.78 is 13.3. The number of thiophene rings is 1.